The fourth-order valence-corrected chi connectivity index (χ4v) is 2.86. The first-order chi connectivity index (χ1) is 12.6. The predicted molar refractivity (Wildman–Crippen MR) is 100 cm³/mol. The number of ether oxygens (including phenoxy) is 1. The van der Waals surface area contributed by atoms with Crippen molar-refractivity contribution >= 4 is 22.6 Å². The molecule has 2 heterocycles. The number of fused-ring (bicyclic) bond motifs is 3. The number of hydrogen-bond acceptors (Lipinski definition) is 5. The number of methoxy groups -OCH3 is 1. The lowest BCUT2D eigenvalue weighted by Crippen LogP contribution is -2.25. The molecule has 0 aliphatic carbocycles. The Morgan fingerprint density at radius 1 is 1.50 bits per heavy atom. The van der Waals surface area contributed by atoms with Gasteiger partial charge < -0.3 is 15.2 Å². The van der Waals surface area contributed by atoms with Crippen LogP contribution in [0.4, 0.5) is 5.82 Å². The summed E-state index contributed by atoms with van der Waals surface area (Å²) in [4.78, 5) is 21.2. The molecule has 1 aromatic carbocycles. The number of aromatic hydroxyl groups is 1. The van der Waals surface area contributed by atoms with E-state index in [1.165, 1.54) is 7.11 Å². The zero-order valence-electron chi connectivity index (χ0n) is 14.7. The van der Waals surface area contributed by atoms with Crippen molar-refractivity contribution in [1.82, 2.24) is 9.55 Å². The number of amides is 1. The summed E-state index contributed by atoms with van der Waals surface area (Å²) in [5.41, 5.74) is 1.15. The Balaban J connectivity index is 2.25. The number of anilines is 1. The lowest BCUT2D eigenvalue weighted by molar-refractivity contribution is -0.114. The van der Waals surface area contributed by atoms with Crippen LogP contribution < -0.4 is 15.7 Å². The van der Waals surface area contributed by atoms with E-state index in [9.17, 15) is 9.90 Å². The molecule has 2 aromatic rings. The van der Waals surface area contributed by atoms with E-state index >= 15 is 0 Å². The Labute approximate surface area is 150 Å². The number of phenols is 1. The van der Waals surface area contributed by atoms with Crippen molar-refractivity contribution in [2.75, 3.05) is 19.0 Å². The fraction of sp³-hybridized carbons (Fsp3) is 0.211. The Hall–Kier alpha value is -3.35. The molecular formula is C19H20N4O3. The van der Waals surface area contributed by atoms with Gasteiger partial charge in [0, 0.05) is 24.0 Å². The molecule has 1 aliphatic heterocycles. The first-order valence-corrected chi connectivity index (χ1v) is 8.19. The average Bonchev–Trinajstić information content (AvgIpc) is 3.12. The molecule has 7 nitrogen and oxygen atoms in total. The number of hydrogen-bond donors (Lipinski definition) is 2. The maximum Gasteiger partial charge on any atom is 0.279 e. The van der Waals surface area contributed by atoms with Crippen molar-refractivity contribution in [3.63, 3.8) is 0 Å². The van der Waals surface area contributed by atoms with E-state index in [2.05, 4.69) is 21.9 Å². The first-order valence-electron chi connectivity index (χ1n) is 8.19. The third-order valence-corrected chi connectivity index (χ3v) is 4.09. The highest BCUT2D eigenvalue weighted by Crippen LogP contribution is 2.36. The minimum atomic E-state index is -0.404. The number of nitrogens with one attached hydrogen (secondary N) is 1. The molecule has 0 radical (unpaired) electrons. The Morgan fingerprint density at radius 3 is 3.00 bits per heavy atom. The van der Waals surface area contributed by atoms with Gasteiger partial charge in [0.1, 0.15) is 11.3 Å². The van der Waals surface area contributed by atoms with Crippen LogP contribution in [0, 0.1) is 0 Å². The van der Waals surface area contributed by atoms with Crippen molar-refractivity contribution in [2.24, 2.45) is 4.99 Å². The van der Waals surface area contributed by atoms with Gasteiger partial charge in [0.25, 0.3) is 5.91 Å². The van der Waals surface area contributed by atoms with Crippen LogP contribution in [0.2, 0.25) is 0 Å². The lowest BCUT2D eigenvalue weighted by atomic mass is 10.2. The van der Waals surface area contributed by atoms with Crippen molar-refractivity contribution < 1.29 is 14.6 Å². The number of benzene rings is 1. The maximum atomic E-state index is 12.5. The summed E-state index contributed by atoms with van der Waals surface area (Å²) < 4.78 is 7.14. The molecule has 2 N–H and O–H groups in total. The van der Waals surface area contributed by atoms with Crippen LogP contribution in [0.25, 0.3) is 10.9 Å². The quantitative estimate of drug-likeness (QED) is 0.651. The maximum absolute atomic E-state index is 12.5. The number of phenolic OH excluding ortho intramolecular Hbond substituents is 1. The molecular weight excluding hydrogens is 332 g/mol. The van der Waals surface area contributed by atoms with Crippen LogP contribution in [0.5, 0.6) is 11.5 Å². The van der Waals surface area contributed by atoms with Crippen molar-refractivity contribution in [3.8, 4) is 11.5 Å². The zero-order valence-corrected chi connectivity index (χ0v) is 14.7. The third kappa shape index (κ3) is 2.99. The van der Waals surface area contributed by atoms with Gasteiger partial charge in [-0.1, -0.05) is 24.8 Å². The highest BCUT2D eigenvalue weighted by atomic mass is 16.5. The topological polar surface area (TPSA) is 88.7 Å². The minimum Gasteiger partial charge on any atom is -0.504 e. The van der Waals surface area contributed by atoms with Gasteiger partial charge in [0.2, 0.25) is 5.62 Å². The van der Waals surface area contributed by atoms with E-state index in [0.717, 1.165) is 11.2 Å². The van der Waals surface area contributed by atoms with Crippen LogP contribution in [0.1, 0.15) is 6.92 Å². The molecule has 3 rings (SSSR count). The van der Waals surface area contributed by atoms with Gasteiger partial charge in [0.05, 0.1) is 7.11 Å². The molecule has 0 spiro atoms. The van der Waals surface area contributed by atoms with Crippen molar-refractivity contribution in [2.45, 2.75) is 13.5 Å². The Kier molecular flexibility index (Phi) is 4.88. The van der Waals surface area contributed by atoms with Crippen LogP contribution in [0.15, 0.2) is 53.6 Å². The lowest BCUT2D eigenvalue weighted by Gasteiger charge is -2.11. The molecule has 0 unspecified atom stereocenters. The molecule has 134 valence electrons. The summed E-state index contributed by atoms with van der Waals surface area (Å²) in [7, 11) is 1.46. The fourth-order valence-electron chi connectivity index (χ4n) is 2.86. The number of carbonyl (C=O) groups is 1. The van der Waals surface area contributed by atoms with E-state index in [1.54, 1.807) is 43.4 Å². The molecule has 1 aromatic heterocycles. The van der Waals surface area contributed by atoms with Crippen molar-refractivity contribution in [3.05, 3.63) is 54.2 Å². The molecule has 0 saturated heterocycles. The molecule has 1 amide bonds. The smallest absolute Gasteiger partial charge is 0.279 e. The second-order valence-corrected chi connectivity index (χ2v) is 5.61. The second-order valence-electron chi connectivity index (χ2n) is 5.61. The molecule has 0 saturated carbocycles. The average molecular weight is 352 g/mol. The number of nitrogens with zero attached hydrogens (tertiary/aromatic N) is 3. The first kappa shape index (κ1) is 17.5. The molecule has 1 aliphatic rings. The molecule has 0 bridgehead atoms. The van der Waals surface area contributed by atoms with Gasteiger partial charge >= 0.3 is 0 Å². The van der Waals surface area contributed by atoms with E-state index in [0.29, 0.717) is 24.2 Å². The summed E-state index contributed by atoms with van der Waals surface area (Å²) in [5.74, 6) is 0.624. The summed E-state index contributed by atoms with van der Waals surface area (Å²) in [6, 6.07) is 3.32. The van der Waals surface area contributed by atoms with E-state index in [-0.39, 0.29) is 17.1 Å². The van der Waals surface area contributed by atoms with Gasteiger partial charge in [0.15, 0.2) is 11.5 Å². The van der Waals surface area contributed by atoms with Crippen LogP contribution in [0.3, 0.4) is 0 Å². The largest absolute Gasteiger partial charge is 0.504 e. The minimum absolute atomic E-state index is 0.0178. The van der Waals surface area contributed by atoms with Gasteiger partial charge in [-0.2, -0.15) is 4.99 Å². The van der Waals surface area contributed by atoms with E-state index in [1.807, 2.05) is 4.57 Å². The van der Waals surface area contributed by atoms with E-state index in [4.69, 9.17) is 4.74 Å². The number of allylic oxidation sites excluding steroid dienone is 3. The third-order valence-electron chi connectivity index (χ3n) is 4.09. The van der Waals surface area contributed by atoms with Crippen LogP contribution in [-0.4, -0.2) is 34.2 Å². The summed E-state index contributed by atoms with van der Waals surface area (Å²) >= 11 is 0. The van der Waals surface area contributed by atoms with Crippen LogP contribution >= 0.6 is 0 Å². The Morgan fingerprint density at radius 2 is 2.31 bits per heavy atom. The molecule has 0 fully saturated rings. The predicted octanol–water partition coefficient (Wildman–Crippen LogP) is 2.29. The van der Waals surface area contributed by atoms with Gasteiger partial charge in [-0.15, -0.1) is 0 Å². The SMILES string of the molecule is C=C/C=C\C(=C/C)C(=O)N=c1nc2c(OC)c(O)ccc2c2n1CCN2. The molecule has 26 heavy (non-hydrogen) atoms. The standard InChI is InChI=1S/C19H20N4O3/c1-4-6-7-12(5-2)18(25)22-19-21-15-13(17-20-10-11-23(17)19)8-9-14(24)16(15)26-3/h4-9,20,24H,1,10-11H2,2-3H3/b7-6-,12-5+,22-19?. The van der Waals surface area contributed by atoms with Gasteiger partial charge in [-0.25, -0.2) is 4.98 Å². The number of aromatic nitrogens is 2. The van der Waals surface area contributed by atoms with E-state index < -0.39 is 5.91 Å². The highest BCUT2D eigenvalue weighted by Gasteiger charge is 2.20. The Bertz CT molecular complexity index is 1020. The van der Waals surface area contributed by atoms with Gasteiger partial charge in [-0.05, 0) is 25.1 Å². The second kappa shape index (κ2) is 7.26. The summed E-state index contributed by atoms with van der Waals surface area (Å²) in [6.45, 7) is 6.71. The summed E-state index contributed by atoms with van der Waals surface area (Å²) in [6.07, 6.45) is 6.60. The number of carbonyl (C=O) groups excluding carboxylic acids is 1. The monoisotopic (exact) mass is 352 g/mol. The zero-order chi connectivity index (χ0) is 18.7. The summed E-state index contributed by atoms with van der Waals surface area (Å²) in [5, 5.41) is 14.1. The van der Waals surface area contributed by atoms with Gasteiger partial charge in [-0.3, -0.25) is 9.36 Å². The molecule has 0 atom stereocenters. The molecule has 7 heteroatoms. The number of rotatable bonds is 4. The normalized spacial score (nSPS) is 14.5. The highest BCUT2D eigenvalue weighted by molar-refractivity contribution is 5.97. The van der Waals surface area contributed by atoms with Crippen molar-refractivity contribution in [1.29, 1.82) is 0 Å². The van der Waals surface area contributed by atoms with Crippen LogP contribution in [-0.2, 0) is 11.3 Å².